The summed E-state index contributed by atoms with van der Waals surface area (Å²) in [4.78, 5) is 19.5. The van der Waals surface area contributed by atoms with Gasteiger partial charge in [0.05, 0.1) is 18.1 Å². The molecule has 0 amide bonds. The summed E-state index contributed by atoms with van der Waals surface area (Å²) in [5.41, 5.74) is 6.73. The van der Waals surface area contributed by atoms with Gasteiger partial charge >= 0.3 is 0 Å². The van der Waals surface area contributed by atoms with Crippen LogP contribution in [-0.4, -0.2) is 15.8 Å². The number of rotatable bonds is 1. The van der Waals surface area contributed by atoms with Crippen LogP contribution >= 0.6 is 0 Å². The topological polar surface area (TPSA) is 68.9 Å². The van der Waals surface area contributed by atoms with Crippen molar-refractivity contribution in [2.45, 2.75) is 19.3 Å². The molecule has 0 aliphatic heterocycles. The molecule has 72 valence electrons. The molecule has 0 saturated carbocycles. The lowest BCUT2D eigenvalue weighted by Crippen LogP contribution is -2.08. The molecule has 0 saturated heterocycles. The molecule has 0 atom stereocenters. The molecule has 1 aliphatic carbocycles. The van der Waals surface area contributed by atoms with Crippen LogP contribution in [0.4, 0.5) is 5.82 Å². The summed E-state index contributed by atoms with van der Waals surface area (Å²) >= 11 is 0. The lowest BCUT2D eigenvalue weighted by atomic mass is 9.96. The van der Waals surface area contributed by atoms with E-state index < -0.39 is 0 Å². The molecular formula is C10H11N3O. The van der Waals surface area contributed by atoms with Crippen LogP contribution in [-0.2, 0) is 4.79 Å². The molecule has 1 heterocycles. The minimum atomic E-state index is 0.148. The second kappa shape index (κ2) is 3.57. The Hall–Kier alpha value is -1.71. The molecule has 2 rings (SSSR count). The number of hydrogen-bond acceptors (Lipinski definition) is 4. The molecule has 2 N–H and O–H groups in total. The quantitative estimate of drug-likeness (QED) is 0.720. The normalized spacial score (nSPS) is 16.6. The summed E-state index contributed by atoms with van der Waals surface area (Å²) in [5.74, 6) is 0.521. The van der Waals surface area contributed by atoms with Crippen LogP contribution in [0.25, 0.3) is 5.57 Å². The number of nitrogen functional groups attached to an aromatic ring is 1. The summed E-state index contributed by atoms with van der Waals surface area (Å²) in [6.45, 7) is 0. The van der Waals surface area contributed by atoms with Gasteiger partial charge in [-0.15, -0.1) is 0 Å². The van der Waals surface area contributed by atoms with E-state index in [2.05, 4.69) is 9.97 Å². The number of carbonyl (C=O) groups is 1. The molecule has 1 aromatic heterocycles. The van der Waals surface area contributed by atoms with Crippen molar-refractivity contribution in [1.82, 2.24) is 9.97 Å². The van der Waals surface area contributed by atoms with Gasteiger partial charge in [-0.05, 0) is 12.8 Å². The largest absolute Gasteiger partial charge is 0.382 e. The molecule has 1 aromatic rings. The van der Waals surface area contributed by atoms with Crippen LogP contribution in [0.15, 0.2) is 18.5 Å². The van der Waals surface area contributed by atoms with Gasteiger partial charge in [0.1, 0.15) is 5.82 Å². The SMILES string of the molecule is Nc1cnc(C2=CCCCC2=O)cn1. The van der Waals surface area contributed by atoms with Crippen LogP contribution in [0.2, 0.25) is 0 Å². The highest BCUT2D eigenvalue weighted by molar-refractivity contribution is 6.20. The second-order valence-corrected chi connectivity index (χ2v) is 3.26. The van der Waals surface area contributed by atoms with E-state index in [1.54, 1.807) is 6.20 Å². The van der Waals surface area contributed by atoms with Crippen molar-refractivity contribution in [3.05, 3.63) is 24.2 Å². The minimum absolute atomic E-state index is 0.148. The molecule has 0 unspecified atom stereocenters. The van der Waals surface area contributed by atoms with E-state index in [1.165, 1.54) is 6.20 Å². The van der Waals surface area contributed by atoms with Gasteiger partial charge in [0, 0.05) is 12.0 Å². The summed E-state index contributed by atoms with van der Waals surface area (Å²) < 4.78 is 0. The standard InChI is InChI=1S/C10H11N3O/c11-10-6-12-8(5-13-10)7-3-1-2-4-9(7)14/h3,5-6H,1-2,4H2,(H2,11,13). The number of carbonyl (C=O) groups excluding carboxylic acids is 1. The molecule has 4 nitrogen and oxygen atoms in total. The number of allylic oxidation sites excluding steroid dienone is 2. The Morgan fingerprint density at radius 2 is 2.14 bits per heavy atom. The highest BCUT2D eigenvalue weighted by atomic mass is 16.1. The zero-order valence-electron chi connectivity index (χ0n) is 7.73. The fraction of sp³-hybridized carbons (Fsp3) is 0.300. The van der Waals surface area contributed by atoms with Gasteiger partial charge in [0.15, 0.2) is 5.78 Å². The molecule has 4 heteroatoms. The van der Waals surface area contributed by atoms with Crippen molar-refractivity contribution < 1.29 is 4.79 Å². The third kappa shape index (κ3) is 1.64. The van der Waals surface area contributed by atoms with E-state index in [4.69, 9.17) is 5.73 Å². The predicted molar refractivity (Wildman–Crippen MR) is 53.3 cm³/mol. The van der Waals surface area contributed by atoms with E-state index in [0.29, 0.717) is 23.5 Å². The maximum Gasteiger partial charge on any atom is 0.164 e. The van der Waals surface area contributed by atoms with Gasteiger partial charge in [-0.2, -0.15) is 0 Å². The summed E-state index contributed by atoms with van der Waals surface area (Å²) in [6.07, 6.45) is 7.42. The Balaban J connectivity index is 2.34. The van der Waals surface area contributed by atoms with Gasteiger partial charge in [0.2, 0.25) is 0 Å². The van der Waals surface area contributed by atoms with Gasteiger partial charge in [-0.3, -0.25) is 9.78 Å². The number of anilines is 1. The Bertz CT molecular complexity index is 381. The van der Waals surface area contributed by atoms with Crippen molar-refractivity contribution in [1.29, 1.82) is 0 Å². The first-order chi connectivity index (χ1) is 6.77. The first-order valence-corrected chi connectivity index (χ1v) is 4.58. The number of hydrogen-bond donors (Lipinski definition) is 1. The van der Waals surface area contributed by atoms with E-state index in [1.807, 2.05) is 6.08 Å². The van der Waals surface area contributed by atoms with E-state index in [-0.39, 0.29) is 5.78 Å². The Kier molecular flexibility index (Phi) is 2.26. The Labute approximate surface area is 81.9 Å². The van der Waals surface area contributed by atoms with Crippen molar-refractivity contribution >= 4 is 17.2 Å². The number of Topliss-reactive ketones (excluding diaryl/α,β-unsaturated/α-hetero) is 1. The smallest absolute Gasteiger partial charge is 0.164 e. The molecule has 0 fully saturated rings. The third-order valence-corrected chi connectivity index (χ3v) is 2.20. The zero-order valence-corrected chi connectivity index (χ0v) is 7.73. The average Bonchev–Trinajstić information content (AvgIpc) is 2.20. The van der Waals surface area contributed by atoms with Gasteiger partial charge < -0.3 is 5.73 Å². The molecule has 1 aliphatic rings. The minimum Gasteiger partial charge on any atom is -0.382 e. The highest BCUT2D eigenvalue weighted by Gasteiger charge is 2.16. The lowest BCUT2D eigenvalue weighted by Gasteiger charge is -2.10. The molecule has 0 bridgehead atoms. The van der Waals surface area contributed by atoms with Crippen LogP contribution in [0.3, 0.4) is 0 Å². The first-order valence-electron chi connectivity index (χ1n) is 4.58. The van der Waals surface area contributed by atoms with Crippen LogP contribution in [0, 0.1) is 0 Å². The third-order valence-electron chi connectivity index (χ3n) is 2.20. The van der Waals surface area contributed by atoms with Crippen LogP contribution in [0.1, 0.15) is 25.0 Å². The average molecular weight is 189 g/mol. The fourth-order valence-corrected chi connectivity index (χ4v) is 1.48. The van der Waals surface area contributed by atoms with Crippen molar-refractivity contribution in [3.8, 4) is 0 Å². The number of nitrogens with zero attached hydrogens (tertiary/aromatic N) is 2. The number of nitrogens with two attached hydrogens (primary N) is 1. The highest BCUT2D eigenvalue weighted by Crippen LogP contribution is 2.21. The first kappa shape index (κ1) is 8.87. The molecular weight excluding hydrogens is 178 g/mol. The van der Waals surface area contributed by atoms with Gasteiger partial charge in [-0.25, -0.2) is 4.98 Å². The van der Waals surface area contributed by atoms with Crippen molar-refractivity contribution in [2.24, 2.45) is 0 Å². The van der Waals surface area contributed by atoms with Gasteiger partial charge in [0.25, 0.3) is 0 Å². The van der Waals surface area contributed by atoms with Gasteiger partial charge in [-0.1, -0.05) is 6.08 Å². The zero-order chi connectivity index (χ0) is 9.97. The van der Waals surface area contributed by atoms with Crippen molar-refractivity contribution in [3.63, 3.8) is 0 Å². The number of aromatic nitrogens is 2. The molecule has 0 aromatic carbocycles. The molecule has 14 heavy (non-hydrogen) atoms. The maximum absolute atomic E-state index is 11.5. The summed E-state index contributed by atoms with van der Waals surface area (Å²) in [7, 11) is 0. The number of ketones is 1. The van der Waals surface area contributed by atoms with Crippen molar-refractivity contribution in [2.75, 3.05) is 5.73 Å². The molecule has 0 radical (unpaired) electrons. The molecule has 0 spiro atoms. The van der Waals surface area contributed by atoms with E-state index in [9.17, 15) is 4.79 Å². The van der Waals surface area contributed by atoms with E-state index in [0.717, 1.165) is 12.8 Å². The maximum atomic E-state index is 11.5. The van der Waals surface area contributed by atoms with Crippen LogP contribution in [0.5, 0.6) is 0 Å². The Morgan fingerprint density at radius 1 is 1.29 bits per heavy atom. The fourth-order valence-electron chi connectivity index (χ4n) is 1.48. The van der Waals surface area contributed by atoms with E-state index >= 15 is 0 Å². The van der Waals surface area contributed by atoms with Crippen LogP contribution < -0.4 is 5.73 Å². The lowest BCUT2D eigenvalue weighted by molar-refractivity contribution is -0.114. The Morgan fingerprint density at radius 3 is 2.79 bits per heavy atom. The second-order valence-electron chi connectivity index (χ2n) is 3.26. The monoisotopic (exact) mass is 189 g/mol. The summed E-state index contributed by atoms with van der Waals surface area (Å²) in [6, 6.07) is 0. The summed E-state index contributed by atoms with van der Waals surface area (Å²) in [5, 5.41) is 0. The predicted octanol–water partition coefficient (Wildman–Crippen LogP) is 1.20.